The molecule has 0 bridgehead atoms. The number of terminal acetylenes is 1. The fraction of sp³-hybridized carbons (Fsp3) is 0.786. The molecule has 0 aliphatic heterocycles. The zero-order chi connectivity index (χ0) is 12.2. The van der Waals surface area contributed by atoms with Crippen LogP contribution in [0.4, 0.5) is 0 Å². The summed E-state index contributed by atoms with van der Waals surface area (Å²) in [7, 11) is 0. The van der Waals surface area contributed by atoms with Crippen molar-refractivity contribution in [2.45, 2.75) is 64.7 Å². The van der Waals surface area contributed by atoms with E-state index in [0.29, 0.717) is 6.42 Å². The van der Waals surface area contributed by atoms with E-state index in [2.05, 4.69) is 12.8 Å². The first-order chi connectivity index (χ1) is 7.72. The smallest absolute Gasteiger partial charge is 0.307 e. The lowest BCUT2D eigenvalue weighted by atomic mass is 9.97. The Balaban J connectivity index is 3.41. The summed E-state index contributed by atoms with van der Waals surface area (Å²) >= 11 is 0. The second kappa shape index (κ2) is 10.5. The summed E-state index contributed by atoms with van der Waals surface area (Å²) in [6.45, 7) is 2.21. The van der Waals surface area contributed by atoms with Gasteiger partial charge in [0.1, 0.15) is 0 Å². The molecule has 92 valence electrons. The molecule has 0 heterocycles. The molecule has 0 fully saturated rings. The Bertz CT molecular complexity index is 215. The van der Waals surface area contributed by atoms with Crippen LogP contribution in [0.25, 0.3) is 0 Å². The highest BCUT2D eigenvalue weighted by atomic mass is 16.4. The number of carboxylic acids is 1. The Kier molecular flexibility index (Phi) is 9.91. The Hall–Kier alpha value is -0.970. The second-order valence-corrected chi connectivity index (χ2v) is 4.35. The van der Waals surface area contributed by atoms with E-state index in [1.807, 2.05) is 0 Å². The highest BCUT2D eigenvalue weighted by Gasteiger charge is 2.14. The van der Waals surface area contributed by atoms with Crippen molar-refractivity contribution < 1.29 is 9.90 Å². The molecule has 16 heavy (non-hydrogen) atoms. The van der Waals surface area contributed by atoms with E-state index in [4.69, 9.17) is 11.5 Å². The third-order valence-electron chi connectivity index (χ3n) is 2.87. The minimum absolute atomic E-state index is 0.333. The van der Waals surface area contributed by atoms with Crippen LogP contribution in [0.15, 0.2) is 0 Å². The minimum atomic E-state index is -0.746. The van der Waals surface area contributed by atoms with Gasteiger partial charge < -0.3 is 5.11 Å². The molecule has 0 aromatic heterocycles. The van der Waals surface area contributed by atoms with E-state index in [-0.39, 0.29) is 5.92 Å². The second-order valence-electron chi connectivity index (χ2n) is 4.35. The van der Waals surface area contributed by atoms with Crippen LogP contribution in [-0.4, -0.2) is 11.1 Å². The lowest BCUT2D eigenvalue weighted by Gasteiger charge is -2.08. The van der Waals surface area contributed by atoms with Gasteiger partial charge in [0.05, 0.1) is 5.92 Å². The van der Waals surface area contributed by atoms with Crippen molar-refractivity contribution in [3.05, 3.63) is 0 Å². The minimum Gasteiger partial charge on any atom is -0.481 e. The molecule has 1 N–H and O–H groups in total. The fourth-order valence-electron chi connectivity index (χ4n) is 1.80. The number of hydrogen-bond donors (Lipinski definition) is 1. The Labute approximate surface area is 99.4 Å². The first-order valence-corrected chi connectivity index (χ1v) is 6.38. The number of carboxylic acid groups (broad SMARTS) is 1. The monoisotopic (exact) mass is 224 g/mol. The molecule has 0 aromatic rings. The summed E-state index contributed by atoms with van der Waals surface area (Å²) in [5.41, 5.74) is 0. The van der Waals surface area contributed by atoms with Gasteiger partial charge in [-0.3, -0.25) is 4.79 Å². The highest BCUT2D eigenvalue weighted by molar-refractivity contribution is 5.70. The quantitative estimate of drug-likeness (QED) is 0.452. The van der Waals surface area contributed by atoms with Crippen molar-refractivity contribution >= 4 is 5.97 Å². The molecule has 0 aliphatic rings. The first-order valence-electron chi connectivity index (χ1n) is 6.38. The summed E-state index contributed by atoms with van der Waals surface area (Å²) in [5.74, 6) is 1.36. The molecular weight excluding hydrogens is 200 g/mol. The Morgan fingerprint density at radius 1 is 1.19 bits per heavy atom. The average Bonchev–Trinajstić information content (AvgIpc) is 2.26. The molecule has 0 unspecified atom stereocenters. The van der Waals surface area contributed by atoms with Crippen LogP contribution in [0.1, 0.15) is 64.7 Å². The molecule has 0 saturated carbocycles. The molecule has 0 amide bonds. The SMILES string of the molecule is C#CC[C@H](CCCCCCCCC)C(=O)O. The summed E-state index contributed by atoms with van der Waals surface area (Å²) < 4.78 is 0. The van der Waals surface area contributed by atoms with Crippen molar-refractivity contribution in [2.24, 2.45) is 5.92 Å². The summed E-state index contributed by atoms with van der Waals surface area (Å²) in [4.78, 5) is 10.8. The van der Waals surface area contributed by atoms with Crippen LogP contribution < -0.4 is 0 Å². The lowest BCUT2D eigenvalue weighted by molar-refractivity contribution is -0.141. The van der Waals surface area contributed by atoms with Crippen LogP contribution >= 0.6 is 0 Å². The van der Waals surface area contributed by atoms with Crippen molar-refractivity contribution in [1.82, 2.24) is 0 Å². The van der Waals surface area contributed by atoms with Gasteiger partial charge in [0.25, 0.3) is 0 Å². The number of hydrogen-bond acceptors (Lipinski definition) is 1. The molecule has 0 rings (SSSR count). The first kappa shape index (κ1) is 15.0. The molecule has 0 aliphatic carbocycles. The summed E-state index contributed by atoms with van der Waals surface area (Å²) in [5, 5.41) is 8.88. The van der Waals surface area contributed by atoms with Crippen molar-refractivity contribution in [1.29, 1.82) is 0 Å². The predicted octanol–water partition coefficient (Wildman–Crippen LogP) is 3.85. The van der Waals surface area contributed by atoms with Crippen LogP contribution in [0.3, 0.4) is 0 Å². The number of aliphatic carboxylic acids is 1. The van der Waals surface area contributed by atoms with Crippen LogP contribution in [-0.2, 0) is 4.79 Å². The van der Waals surface area contributed by atoms with E-state index < -0.39 is 5.97 Å². The summed E-state index contributed by atoms with van der Waals surface area (Å²) in [6.07, 6.45) is 14.8. The van der Waals surface area contributed by atoms with Gasteiger partial charge >= 0.3 is 5.97 Å². The van der Waals surface area contributed by atoms with Gasteiger partial charge in [-0.05, 0) is 6.42 Å². The van der Waals surface area contributed by atoms with Crippen LogP contribution in [0.2, 0.25) is 0 Å². The Morgan fingerprint density at radius 3 is 2.25 bits per heavy atom. The molecule has 0 aromatic carbocycles. The van der Waals surface area contributed by atoms with Gasteiger partial charge in [0, 0.05) is 6.42 Å². The normalized spacial score (nSPS) is 12.0. The van der Waals surface area contributed by atoms with Gasteiger partial charge in [-0.2, -0.15) is 0 Å². The maximum Gasteiger partial charge on any atom is 0.307 e. The lowest BCUT2D eigenvalue weighted by Crippen LogP contribution is -2.12. The van der Waals surface area contributed by atoms with E-state index in [9.17, 15) is 4.79 Å². The third kappa shape index (κ3) is 8.35. The molecule has 1 atom stereocenters. The molecular formula is C14H24O2. The fourth-order valence-corrected chi connectivity index (χ4v) is 1.80. The van der Waals surface area contributed by atoms with Crippen LogP contribution in [0.5, 0.6) is 0 Å². The van der Waals surface area contributed by atoms with Crippen molar-refractivity contribution in [3.8, 4) is 12.3 Å². The van der Waals surface area contributed by atoms with Gasteiger partial charge in [-0.25, -0.2) is 0 Å². The number of rotatable bonds is 10. The van der Waals surface area contributed by atoms with E-state index in [1.54, 1.807) is 0 Å². The highest BCUT2D eigenvalue weighted by Crippen LogP contribution is 2.15. The number of carbonyl (C=O) groups is 1. The van der Waals surface area contributed by atoms with Gasteiger partial charge in [-0.1, -0.05) is 51.9 Å². The predicted molar refractivity (Wildman–Crippen MR) is 67.2 cm³/mol. The number of unbranched alkanes of at least 4 members (excludes halogenated alkanes) is 6. The van der Waals surface area contributed by atoms with Crippen LogP contribution in [0, 0.1) is 18.3 Å². The van der Waals surface area contributed by atoms with Gasteiger partial charge in [0.2, 0.25) is 0 Å². The maximum absolute atomic E-state index is 10.8. The third-order valence-corrected chi connectivity index (χ3v) is 2.87. The van der Waals surface area contributed by atoms with E-state index >= 15 is 0 Å². The zero-order valence-corrected chi connectivity index (χ0v) is 10.4. The van der Waals surface area contributed by atoms with Crippen molar-refractivity contribution in [2.75, 3.05) is 0 Å². The molecule has 2 heteroatoms. The molecule has 0 spiro atoms. The maximum atomic E-state index is 10.8. The zero-order valence-electron chi connectivity index (χ0n) is 10.4. The average molecular weight is 224 g/mol. The topological polar surface area (TPSA) is 37.3 Å². The largest absolute Gasteiger partial charge is 0.481 e. The summed E-state index contributed by atoms with van der Waals surface area (Å²) in [6, 6.07) is 0. The van der Waals surface area contributed by atoms with E-state index in [0.717, 1.165) is 19.3 Å². The van der Waals surface area contributed by atoms with Gasteiger partial charge in [-0.15, -0.1) is 12.3 Å². The Morgan fingerprint density at radius 2 is 1.75 bits per heavy atom. The molecule has 0 radical (unpaired) electrons. The molecule has 2 nitrogen and oxygen atoms in total. The van der Waals surface area contributed by atoms with Gasteiger partial charge in [0.15, 0.2) is 0 Å². The standard InChI is InChI=1S/C14H24O2/c1-3-5-6-7-8-9-10-12-13(11-4-2)14(15)16/h2,13H,3,5-12H2,1H3,(H,15,16)/t13-/m1/s1. The van der Waals surface area contributed by atoms with E-state index in [1.165, 1.54) is 32.1 Å². The molecule has 0 saturated heterocycles. The van der Waals surface area contributed by atoms with Crippen molar-refractivity contribution in [3.63, 3.8) is 0 Å².